The van der Waals surface area contributed by atoms with Crippen LogP contribution in [0, 0.1) is 23.5 Å². The second-order valence-electron chi connectivity index (χ2n) is 8.79. The fourth-order valence-electron chi connectivity index (χ4n) is 4.49. The van der Waals surface area contributed by atoms with Gasteiger partial charge in [0.2, 0.25) is 0 Å². The molecule has 6 heteroatoms. The zero-order chi connectivity index (χ0) is 25.0. The maximum Gasteiger partial charge on any atom is 0.573 e. The molecule has 35 heavy (non-hydrogen) atoms. The van der Waals surface area contributed by atoms with Crippen LogP contribution in [-0.2, 0) is 19.3 Å². The fraction of sp³-hybridized carbons (Fsp3) is 0.310. The summed E-state index contributed by atoms with van der Waals surface area (Å²) in [5.41, 5.74) is 3.80. The van der Waals surface area contributed by atoms with E-state index < -0.39 is 6.36 Å². The number of fused-ring (bicyclic) bond motifs is 1. The number of unbranched alkanes of at least 4 members (excludes halogenated alkanes) is 1. The van der Waals surface area contributed by atoms with Crippen LogP contribution in [0.1, 0.15) is 65.5 Å². The molecule has 3 aromatic carbocycles. The van der Waals surface area contributed by atoms with Crippen molar-refractivity contribution in [3.8, 4) is 17.6 Å². The van der Waals surface area contributed by atoms with Crippen LogP contribution in [-0.4, -0.2) is 6.36 Å². The summed E-state index contributed by atoms with van der Waals surface area (Å²) in [5.74, 6) is 4.63. The summed E-state index contributed by atoms with van der Waals surface area (Å²) < 4.78 is 70.6. The SMILES string of the molecule is CCCCc1ccc(C2CCc3c(ccc(C#Cc4ccc(OC(F)(F)F)cc4)c3F)C2)c(F)c1. The predicted molar refractivity (Wildman–Crippen MR) is 125 cm³/mol. The molecule has 0 bridgehead atoms. The lowest BCUT2D eigenvalue weighted by atomic mass is 9.79. The minimum Gasteiger partial charge on any atom is -0.406 e. The Morgan fingerprint density at radius 2 is 1.74 bits per heavy atom. The number of rotatable bonds is 5. The third kappa shape index (κ3) is 6.22. The fourth-order valence-corrected chi connectivity index (χ4v) is 4.49. The molecule has 0 radical (unpaired) electrons. The molecule has 4 rings (SSSR count). The van der Waals surface area contributed by atoms with E-state index in [9.17, 15) is 17.6 Å². The average Bonchev–Trinajstić information content (AvgIpc) is 2.82. The van der Waals surface area contributed by atoms with Crippen molar-refractivity contribution in [2.45, 2.75) is 57.7 Å². The van der Waals surface area contributed by atoms with E-state index in [0.29, 0.717) is 36.0 Å². The molecule has 1 aliphatic rings. The third-order valence-electron chi connectivity index (χ3n) is 6.30. The van der Waals surface area contributed by atoms with Crippen molar-refractivity contribution < 1.29 is 26.7 Å². The lowest BCUT2D eigenvalue weighted by Crippen LogP contribution is -2.16. The molecule has 0 amide bonds. The van der Waals surface area contributed by atoms with E-state index in [1.165, 1.54) is 12.1 Å². The molecule has 1 unspecified atom stereocenters. The van der Waals surface area contributed by atoms with E-state index in [2.05, 4.69) is 23.5 Å². The summed E-state index contributed by atoms with van der Waals surface area (Å²) in [7, 11) is 0. The monoisotopic (exact) mass is 484 g/mol. The molecule has 0 saturated carbocycles. The Bertz CT molecular complexity index is 1250. The van der Waals surface area contributed by atoms with Crippen LogP contribution < -0.4 is 4.74 Å². The number of aryl methyl sites for hydroxylation is 1. The van der Waals surface area contributed by atoms with Gasteiger partial charge in [-0.05, 0) is 96.7 Å². The highest BCUT2D eigenvalue weighted by Crippen LogP contribution is 2.36. The summed E-state index contributed by atoms with van der Waals surface area (Å²) >= 11 is 0. The summed E-state index contributed by atoms with van der Waals surface area (Å²) in [5, 5.41) is 0. The van der Waals surface area contributed by atoms with Gasteiger partial charge in [0, 0.05) is 5.56 Å². The Kier molecular flexibility index (Phi) is 7.45. The molecule has 3 aromatic rings. The zero-order valence-corrected chi connectivity index (χ0v) is 19.3. The predicted octanol–water partition coefficient (Wildman–Crippen LogP) is 7.88. The first-order chi connectivity index (χ1) is 16.7. The summed E-state index contributed by atoms with van der Waals surface area (Å²) in [6, 6.07) is 14.0. The minimum absolute atomic E-state index is 0.00325. The van der Waals surface area contributed by atoms with Crippen molar-refractivity contribution in [1.29, 1.82) is 0 Å². The maximum atomic E-state index is 15.2. The van der Waals surface area contributed by atoms with Crippen molar-refractivity contribution >= 4 is 0 Å². The average molecular weight is 485 g/mol. The Morgan fingerprint density at radius 3 is 2.43 bits per heavy atom. The lowest BCUT2D eigenvalue weighted by Gasteiger charge is -2.26. The smallest absolute Gasteiger partial charge is 0.406 e. The molecule has 1 nitrogen and oxygen atoms in total. The number of hydrogen-bond donors (Lipinski definition) is 0. The molecule has 0 spiro atoms. The van der Waals surface area contributed by atoms with E-state index in [4.69, 9.17) is 0 Å². The van der Waals surface area contributed by atoms with Crippen LogP contribution in [0.2, 0.25) is 0 Å². The molecule has 0 saturated heterocycles. The molecule has 0 heterocycles. The molecule has 0 aromatic heterocycles. The largest absolute Gasteiger partial charge is 0.573 e. The second kappa shape index (κ2) is 10.5. The Hall–Kier alpha value is -3.33. The van der Waals surface area contributed by atoms with Gasteiger partial charge in [-0.3, -0.25) is 0 Å². The number of benzene rings is 3. The van der Waals surface area contributed by atoms with Crippen molar-refractivity contribution in [3.63, 3.8) is 0 Å². The van der Waals surface area contributed by atoms with Crippen molar-refractivity contribution in [3.05, 3.63) is 99.6 Å². The maximum absolute atomic E-state index is 15.2. The Balaban J connectivity index is 1.48. The van der Waals surface area contributed by atoms with Crippen LogP contribution in [0.4, 0.5) is 22.0 Å². The second-order valence-corrected chi connectivity index (χ2v) is 8.79. The molecular formula is C29H25F5O. The van der Waals surface area contributed by atoms with Gasteiger partial charge < -0.3 is 4.74 Å². The van der Waals surface area contributed by atoms with E-state index in [-0.39, 0.29) is 28.9 Å². The van der Waals surface area contributed by atoms with Gasteiger partial charge in [0.15, 0.2) is 0 Å². The van der Waals surface area contributed by atoms with Crippen LogP contribution in [0.3, 0.4) is 0 Å². The van der Waals surface area contributed by atoms with Gasteiger partial charge in [0.1, 0.15) is 17.4 Å². The number of alkyl halides is 3. The highest BCUT2D eigenvalue weighted by atomic mass is 19.4. The number of ether oxygens (including phenoxy) is 1. The van der Waals surface area contributed by atoms with Gasteiger partial charge in [-0.15, -0.1) is 13.2 Å². The highest BCUT2D eigenvalue weighted by molar-refractivity contribution is 5.49. The van der Waals surface area contributed by atoms with E-state index in [1.807, 2.05) is 18.2 Å². The first-order valence-electron chi connectivity index (χ1n) is 11.7. The standard InChI is InChI=1S/C29H25F5O/c1-2-3-4-20-8-15-25(27(30)17-20)22-12-16-26-23(18-22)11-10-21(28(26)31)9-5-19-6-13-24(14-7-19)35-29(32,33)34/h6-8,10-11,13-15,17,22H,2-4,12,16,18H2,1H3. The van der Waals surface area contributed by atoms with Gasteiger partial charge >= 0.3 is 6.36 Å². The van der Waals surface area contributed by atoms with Gasteiger partial charge in [-0.1, -0.05) is 43.4 Å². The first-order valence-corrected chi connectivity index (χ1v) is 11.7. The van der Waals surface area contributed by atoms with E-state index in [1.54, 1.807) is 12.1 Å². The summed E-state index contributed by atoms with van der Waals surface area (Å²) in [6.07, 6.45) is -0.119. The quantitative estimate of drug-likeness (QED) is 0.264. The van der Waals surface area contributed by atoms with Gasteiger partial charge in [0.25, 0.3) is 0 Å². The van der Waals surface area contributed by atoms with Crippen molar-refractivity contribution in [2.24, 2.45) is 0 Å². The van der Waals surface area contributed by atoms with Gasteiger partial charge in [-0.2, -0.15) is 0 Å². The Morgan fingerprint density at radius 1 is 0.971 bits per heavy atom. The van der Waals surface area contributed by atoms with E-state index in [0.717, 1.165) is 42.5 Å². The normalized spacial score (nSPS) is 15.2. The molecule has 182 valence electrons. The van der Waals surface area contributed by atoms with Crippen LogP contribution in [0.15, 0.2) is 54.6 Å². The van der Waals surface area contributed by atoms with Crippen LogP contribution >= 0.6 is 0 Å². The molecule has 0 fully saturated rings. The van der Waals surface area contributed by atoms with Crippen LogP contribution in [0.25, 0.3) is 0 Å². The minimum atomic E-state index is -4.76. The van der Waals surface area contributed by atoms with Gasteiger partial charge in [0.05, 0.1) is 5.56 Å². The van der Waals surface area contributed by atoms with Gasteiger partial charge in [-0.25, -0.2) is 8.78 Å². The lowest BCUT2D eigenvalue weighted by molar-refractivity contribution is -0.274. The summed E-state index contributed by atoms with van der Waals surface area (Å²) in [4.78, 5) is 0. The summed E-state index contributed by atoms with van der Waals surface area (Å²) in [6.45, 7) is 2.11. The zero-order valence-electron chi connectivity index (χ0n) is 19.3. The molecular weight excluding hydrogens is 459 g/mol. The van der Waals surface area contributed by atoms with E-state index >= 15 is 4.39 Å². The highest BCUT2D eigenvalue weighted by Gasteiger charge is 2.31. The van der Waals surface area contributed by atoms with Crippen molar-refractivity contribution in [1.82, 2.24) is 0 Å². The van der Waals surface area contributed by atoms with Crippen LogP contribution in [0.5, 0.6) is 5.75 Å². The topological polar surface area (TPSA) is 9.23 Å². The molecule has 0 aliphatic heterocycles. The number of hydrogen-bond acceptors (Lipinski definition) is 1. The third-order valence-corrected chi connectivity index (χ3v) is 6.30. The molecule has 1 atom stereocenters. The first kappa shape index (κ1) is 24.8. The Labute approximate surface area is 201 Å². The van der Waals surface area contributed by atoms with Crippen molar-refractivity contribution in [2.75, 3.05) is 0 Å². The number of halogens is 5. The molecule has 0 N–H and O–H groups in total. The molecule has 1 aliphatic carbocycles.